The zero-order valence-electron chi connectivity index (χ0n) is 8.83. The Bertz CT molecular complexity index is 448. The highest BCUT2D eigenvalue weighted by atomic mass is 32.2. The highest BCUT2D eigenvalue weighted by molar-refractivity contribution is 7.99. The predicted molar refractivity (Wildman–Crippen MR) is 65.8 cm³/mol. The van der Waals surface area contributed by atoms with Gasteiger partial charge in [0.2, 0.25) is 5.91 Å². The summed E-state index contributed by atoms with van der Waals surface area (Å²) in [6.45, 7) is 0. The number of anilines is 1. The summed E-state index contributed by atoms with van der Waals surface area (Å²) in [4.78, 5) is 28.2. The van der Waals surface area contributed by atoms with E-state index in [9.17, 15) is 9.59 Å². The Hall–Kier alpha value is -1.28. The number of carboxylic acid groups (broad SMARTS) is 1. The molecule has 0 aliphatic carbocycles. The molecule has 1 atom stereocenters. The summed E-state index contributed by atoms with van der Waals surface area (Å²) in [5.74, 6) is -0.302. The van der Waals surface area contributed by atoms with Crippen molar-refractivity contribution >= 4 is 40.1 Å². The molecule has 1 aliphatic rings. The van der Waals surface area contributed by atoms with Gasteiger partial charge in [-0.25, -0.2) is 9.78 Å². The maximum atomic E-state index is 11.9. The molecule has 0 saturated carbocycles. The summed E-state index contributed by atoms with van der Waals surface area (Å²) in [6, 6.07) is -0.719. The number of hydrogen-bond donors (Lipinski definition) is 2. The smallest absolute Gasteiger partial charge is 0.327 e. The van der Waals surface area contributed by atoms with Crippen molar-refractivity contribution in [2.45, 2.75) is 12.5 Å². The third kappa shape index (κ3) is 2.70. The van der Waals surface area contributed by atoms with Crippen LogP contribution in [0.4, 0.5) is 5.13 Å². The Kier molecular flexibility index (Phi) is 3.53. The largest absolute Gasteiger partial charge is 0.480 e. The number of aliphatic carboxylic acids is 1. The fraction of sp³-hybridized carbons (Fsp3) is 0.444. The molecule has 17 heavy (non-hydrogen) atoms. The maximum absolute atomic E-state index is 11.9. The molecule has 2 rings (SSSR count). The Morgan fingerprint density at radius 2 is 2.41 bits per heavy atom. The van der Waals surface area contributed by atoms with Gasteiger partial charge in [-0.3, -0.25) is 4.79 Å². The summed E-state index contributed by atoms with van der Waals surface area (Å²) in [7, 11) is 0. The molecule has 0 spiro atoms. The minimum atomic E-state index is -0.957. The topological polar surface area (TPSA) is 96.5 Å². The van der Waals surface area contributed by atoms with E-state index in [0.717, 1.165) is 0 Å². The molecule has 92 valence electrons. The molecular weight excluding hydrogens is 262 g/mol. The van der Waals surface area contributed by atoms with Crippen molar-refractivity contribution in [1.29, 1.82) is 0 Å². The molecule has 2 heterocycles. The van der Waals surface area contributed by atoms with E-state index < -0.39 is 12.0 Å². The number of thioether (sulfide) groups is 1. The first-order valence-corrected chi connectivity index (χ1v) is 6.91. The van der Waals surface area contributed by atoms with Crippen LogP contribution in [-0.2, 0) is 16.0 Å². The lowest BCUT2D eigenvalue weighted by molar-refractivity contribution is -0.147. The summed E-state index contributed by atoms with van der Waals surface area (Å²) in [5, 5.41) is 11.1. The lowest BCUT2D eigenvalue weighted by Gasteiger charge is -2.19. The summed E-state index contributed by atoms with van der Waals surface area (Å²) < 4.78 is 0. The number of thiazole rings is 1. The van der Waals surface area contributed by atoms with Crippen LogP contribution in [0.15, 0.2) is 5.38 Å². The standard InChI is InChI=1S/C9H11N3O3S2/c10-9-11-5(2-17-9)1-7(13)12-4-16-3-6(12)8(14)15/h2,6H,1,3-4H2,(H2,10,11)(H,14,15). The number of hydrogen-bond acceptors (Lipinski definition) is 6. The van der Waals surface area contributed by atoms with Gasteiger partial charge in [0, 0.05) is 11.1 Å². The van der Waals surface area contributed by atoms with Gasteiger partial charge in [-0.1, -0.05) is 0 Å². The second-order valence-electron chi connectivity index (χ2n) is 3.57. The van der Waals surface area contributed by atoms with Crippen molar-refractivity contribution in [3.63, 3.8) is 0 Å². The van der Waals surface area contributed by atoms with E-state index >= 15 is 0 Å². The molecule has 1 saturated heterocycles. The van der Waals surface area contributed by atoms with Gasteiger partial charge in [0.05, 0.1) is 18.0 Å². The van der Waals surface area contributed by atoms with Crippen LogP contribution in [0.5, 0.6) is 0 Å². The first-order valence-electron chi connectivity index (χ1n) is 4.88. The third-order valence-electron chi connectivity index (χ3n) is 2.39. The molecule has 6 nitrogen and oxygen atoms in total. The monoisotopic (exact) mass is 273 g/mol. The number of aromatic nitrogens is 1. The highest BCUT2D eigenvalue weighted by Crippen LogP contribution is 2.22. The second-order valence-corrected chi connectivity index (χ2v) is 5.46. The lowest BCUT2D eigenvalue weighted by atomic mass is 10.2. The lowest BCUT2D eigenvalue weighted by Crippen LogP contribution is -2.42. The van der Waals surface area contributed by atoms with Gasteiger partial charge in [0.15, 0.2) is 5.13 Å². The molecule has 1 aromatic rings. The number of nitrogens with two attached hydrogens (primary N) is 1. The summed E-state index contributed by atoms with van der Waals surface area (Å²) >= 11 is 2.71. The van der Waals surface area contributed by atoms with Gasteiger partial charge < -0.3 is 15.7 Å². The first kappa shape index (κ1) is 12.2. The normalized spacial score (nSPS) is 19.5. The Labute approximate surface area is 106 Å². The molecule has 1 aromatic heterocycles. The molecule has 1 aliphatic heterocycles. The van der Waals surface area contributed by atoms with Crippen LogP contribution in [0.3, 0.4) is 0 Å². The van der Waals surface area contributed by atoms with E-state index in [0.29, 0.717) is 22.5 Å². The van der Waals surface area contributed by atoms with Gasteiger partial charge in [-0.05, 0) is 0 Å². The molecule has 3 N–H and O–H groups in total. The summed E-state index contributed by atoms with van der Waals surface area (Å²) in [6.07, 6.45) is 0.109. The first-order chi connectivity index (χ1) is 8.08. The average molecular weight is 273 g/mol. The SMILES string of the molecule is Nc1nc(CC(=O)N2CSCC2C(=O)O)cs1. The number of carboxylic acids is 1. The van der Waals surface area contributed by atoms with Crippen LogP contribution < -0.4 is 5.73 Å². The second kappa shape index (κ2) is 4.92. The van der Waals surface area contributed by atoms with Gasteiger partial charge in [-0.2, -0.15) is 0 Å². The van der Waals surface area contributed by atoms with E-state index in [2.05, 4.69) is 4.98 Å². The fourth-order valence-electron chi connectivity index (χ4n) is 1.55. The zero-order chi connectivity index (χ0) is 12.4. The van der Waals surface area contributed by atoms with E-state index in [1.165, 1.54) is 28.0 Å². The minimum Gasteiger partial charge on any atom is -0.480 e. The van der Waals surface area contributed by atoms with E-state index in [1.54, 1.807) is 5.38 Å². The Balaban J connectivity index is 2.02. The molecule has 0 radical (unpaired) electrons. The molecule has 1 unspecified atom stereocenters. The minimum absolute atomic E-state index is 0.109. The molecule has 8 heteroatoms. The zero-order valence-corrected chi connectivity index (χ0v) is 10.5. The van der Waals surface area contributed by atoms with Crippen LogP contribution in [0.25, 0.3) is 0 Å². The van der Waals surface area contributed by atoms with Gasteiger partial charge in [0.25, 0.3) is 0 Å². The van der Waals surface area contributed by atoms with E-state index in [-0.39, 0.29) is 12.3 Å². The van der Waals surface area contributed by atoms with Crippen LogP contribution >= 0.6 is 23.1 Å². The van der Waals surface area contributed by atoms with Crippen molar-refractivity contribution in [3.8, 4) is 0 Å². The predicted octanol–water partition coefficient (Wildman–Crippen LogP) is 0.254. The van der Waals surface area contributed by atoms with Crippen molar-refractivity contribution < 1.29 is 14.7 Å². The van der Waals surface area contributed by atoms with Gasteiger partial charge in [-0.15, -0.1) is 23.1 Å². The van der Waals surface area contributed by atoms with Crippen molar-refractivity contribution in [1.82, 2.24) is 9.88 Å². The Morgan fingerprint density at radius 3 is 3.00 bits per heavy atom. The number of carbonyl (C=O) groups is 2. The van der Waals surface area contributed by atoms with Crippen molar-refractivity contribution in [2.75, 3.05) is 17.4 Å². The van der Waals surface area contributed by atoms with E-state index in [1.807, 2.05) is 0 Å². The quantitative estimate of drug-likeness (QED) is 0.819. The van der Waals surface area contributed by atoms with Crippen LogP contribution in [-0.4, -0.2) is 44.5 Å². The number of carbonyl (C=O) groups excluding carboxylic acids is 1. The van der Waals surface area contributed by atoms with Gasteiger partial charge >= 0.3 is 5.97 Å². The molecule has 1 amide bonds. The van der Waals surface area contributed by atoms with Crippen molar-refractivity contribution in [2.24, 2.45) is 0 Å². The average Bonchev–Trinajstić information content (AvgIpc) is 2.86. The number of amides is 1. The fourth-order valence-corrected chi connectivity index (χ4v) is 3.29. The van der Waals surface area contributed by atoms with Crippen molar-refractivity contribution in [3.05, 3.63) is 11.1 Å². The Morgan fingerprint density at radius 1 is 1.65 bits per heavy atom. The number of nitrogen functional groups attached to an aromatic ring is 1. The maximum Gasteiger partial charge on any atom is 0.327 e. The third-order valence-corrected chi connectivity index (χ3v) is 4.12. The molecule has 1 fully saturated rings. The molecule has 0 bridgehead atoms. The van der Waals surface area contributed by atoms with Crippen LogP contribution in [0.2, 0.25) is 0 Å². The van der Waals surface area contributed by atoms with Crippen LogP contribution in [0.1, 0.15) is 5.69 Å². The van der Waals surface area contributed by atoms with Gasteiger partial charge in [0.1, 0.15) is 6.04 Å². The highest BCUT2D eigenvalue weighted by Gasteiger charge is 2.34. The summed E-state index contributed by atoms with van der Waals surface area (Å²) in [5.41, 5.74) is 6.06. The number of nitrogens with zero attached hydrogens (tertiary/aromatic N) is 2. The van der Waals surface area contributed by atoms with E-state index in [4.69, 9.17) is 10.8 Å². The van der Waals surface area contributed by atoms with Crippen LogP contribution in [0, 0.1) is 0 Å². The number of rotatable bonds is 3. The molecular formula is C9H11N3O3S2. The molecule has 0 aromatic carbocycles.